The molecule has 3 rings (SSSR count). The van der Waals surface area contributed by atoms with Gasteiger partial charge in [0.2, 0.25) is 0 Å². The third-order valence-electron chi connectivity index (χ3n) is 3.50. The van der Waals surface area contributed by atoms with E-state index >= 15 is 0 Å². The highest BCUT2D eigenvalue weighted by Crippen LogP contribution is 2.23. The Morgan fingerprint density at radius 2 is 2.22 bits per heavy atom. The van der Waals surface area contributed by atoms with Crippen LogP contribution in [0.3, 0.4) is 0 Å². The minimum atomic E-state index is -0.438. The predicted molar refractivity (Wildman–Crippen MR) is 86.1 cm³/mol. The Morgan fingerprint density at radius 1 is 1.43 bits per heavy atom. The summed E-state index contributed by atoms with van der Waals surface area (Å²) >= 11 is 1.45. The van der Waals surface area contributed by atoms with E-state index in [1.165, 1.54) is 17.8 Å². The number of thioether (sulfide) groups is 1. The van der Waals surface area contributed by atoms with E-state index < -0.39 is 5.63 Å². The molecule has 0 saturated carbocycles. The number of hydrogen-bond donors (Lipinski definition) is 0. The molecule has 2 aromatic heterocycles. The van der Waals surface area contributed by atoms with Crippen LogP contribution in [0.2, 0.25) is 0 Å². The summed E-state index contributed by atoms with van der Waals surface area (Å²) in [5.41, 5.74) is 0.168. The van der Waals surface area contributed by atoms with E-state index in [1.54, 1.807) is 36.2 Å². The summed E-state index contributed by atoms with van der Waals surface area (Å²) in [6.45, 7) is 2.67. The number of carbonyl (C=O) groups is 1. The van der Waals surface area contributed by atoms with Crippen molar-refractivity contribution in [2.45, 2.75) is 18.1 Å². The molecule has 0 N–H and O–H groups in total. The Kier molecular flexibility index (Phi) is 4.38. The van der Waals surface area contributed by atoms with E-state index in [9.17, 15) is 9.59 Å². The SMILES string of the molecule is CSc1ncccc1C(=O)N1CC(Oc2cc(C)oc(=O)c2)C1. The van der Waals surface area contributed by atoms with Gasteiger partial charge in [0.05, 0.1) is 24.7 Å². The van der Waals surface area contributed by atoms with Gasteiger partial charge in [-0.05, 0) is 25.3 Å². The summed E-state index contributed by atoms with van der Waals surface area (Å²) in [5, 5.41) is 0.721. The molecule has 0 aliphatic carbocycles. The summed E-state index contributed by atoms with van der Waals surface area (Å²) in [4.78, 5) is 29.7. The van der Waals surface area contributed by atoms with Gasteiger partial charge in [0.1, 0.15) is 22.6 Å². The summed E-state index contributed by atoms with van der Waals surface area (Å²) in [7, 11) is 0. The molecule has 120 valence electrons. The van der Waals surface area contributed by atoms with E-state index in [1.807, 2.05) is 6.26 Å². The Labute approximate surface area is 137 Å². The maximum absolute atomic E-state index is 12.5. The number of likely N-dealkylation sites (tertiary alicyclic amines) is 1. The third kappa shape index (κ3) is 3.39. The molecule has 1 amide bonds. The van der Waals surface area contributed by atoms with Gasteiger partial charge in [0.15, 0.2) is 0 Å². The number of amides is 1. The molecule has 1 fully saturated rings. The molecule has 7 heteroatoms. The minimum Gasteiger partial charge on any atom is -0.486 e. The van der Waals surface area contributed by atoms with Crippen LogP contribution in [0.5, 0.6) is 5.75 Å². The molecule has 0 bridgehead atoms. The number of rotatable bonds is 4. The van der Waals surface area contributed by atoms with Crippen LogP contribution in [0.1, 0.15) is 16.1 Å². The lowest BCUT2D eigenvalue weighted by Gasteiger charge is -2.39. The molecule has 0 aromatic carbocycles. The van der Waals surface area contributed by atoms with Crippen LogP contribution in [-0.2, 0) is 0 Å². The van der Waals surface area contributed by atoms with Crippen LogP contribution < -0.4 is 10.4 Å². The normalized spacial score (nSPS) is 14.4. The van der Waals surface area contributed by atoms with Crippen LogP contribution in [0, 0.1) is 6.92 Å². The Bertz CT molecular complexity index is 784. The van der Waals surface area contributed by atoms with Crippen LogP contribution >= 0.6 is 11.8 Å². The number of aryl methyl sites for hydroxylation is 1. The van der Waals surface area contributed by atoms with Crippen LogP contribution in [0.25, 0.3) is 0 Å². The highest BCUT2D eigenvalue weighted by molar-refractivity contribution is 7.98. The lowest BCUT2D eigenvalue weighted by Crippen LogP contribution is -2.56. The number of nitrogens with zero attached hydrogens (tertiary/aromatic N) is 2. The topological polar surface area (TPSA) is 72.6 Å². The average Bonchev–Trinajstić information content (AvgIpc) is 2.49. The molecule has 0 spiro atoms. The molecule has 2 aromatic rings. The van der Waals surface area contributed by atoms with Crippen LogP contribution in [0.15, 0.2) is 44.7 Å². The molecule has 0 atom stereocenters. The van der Waals surface area contributed by atoms with E-state index in [0.717, 1.165) is 5.03 Å². The number of hydrogen-bond acceptors (Lipinski definition) is 6. The second-order valence-corrected chi connectivity index (χ2v) is 6.03. The van der Waals surface area contributed by atoms with Gasteiger partial charge in [0.25, 0.3) is 5.91 Å². The maximum atomic E-state index is 12.5. The fraction of sp³-hybridized carbons (Fsp3) is 0.312. The zero-order valence-electron chi connectivity index (χ0n) is 12.8. The first-order chi connectivity index (χ1) is 11.1. The highest BCUT2D eigenvalue weighted by Gasteiger charge is 2.34. The van der Waals surface area contributed by atoms with E-state index in [4.69, 9.17) is 9.15 Å². The molecule has 1 aliphatic heterocycles. The Hall–Kier alpha value is -2.28. The quantitative estimate of drug-likeness (QED) is 0.797. The third-order valence-corrected chi connectivity index (χ3v) is 4.21. The van der Waals surface area contributed by atoms with Gasteiger partial charge in [-0.1, -0.05) is 0 Å². The second kappa shape index (κ2) is 6.45. The first-order valence-electron chi connectivity index (χ1n) is 7.13. The maximum Gasteiger partial charge on any atom is 0.339 e. The van der Waals surface area contributed by atoms with Crippen molar-refractivity contribution in [2.24, 2.45) is 0 Å². The molecule has 1 saturated heterocycles. The van der Waals surface area contributed by atoms with Gasteiger partial charge < -0.3 is 14.1 Å². The number of pyridine rings is 1. The highest BCUT2D eigenvalue weighted by atomic mass is 32.2. The Morgan fingerprint density at radius 3 is 2.91 bits per heavy atom. The van der Waals surface area contributed by atoms with Crippen molar-refractivity contribution in [1.82, 2.24) is 9.88 Å². The molecular formula is C16H16N2O4S. The lowest BCUT2D eigenvalue weighted by atomic mass is 10.1. The van der Waals surface area contributed by atoms with Crippen LogP contribution in [0.4, 0.5) is 0 Å². The molecule has 1 aliphatic rings. The van der Waals surface area contributed by atoms with Gasteiger partial charge in [-0.3, -0.25) is 4.79 Å². The minimum absolute atomic E-state index is 0.0499. The van der Waals surface area contributed by atoms with Gasteiger partial charge in [-0.25, -0.2) is 9.78 Å². The van der Waals surface area contributed by atoms with Crippen molar-refractivity contribution in [3.05, 3.63) is 52.2 Å². The number of carbonyl (C=O) groups excluding carboxylic acids is 1. The summed E-state index contributed by atoms with van der Waals surface area (Å²) in [5.74, 6) is 0.924. The summed E-state index contributed by atoms with van der Waals surface area (Å²) in [6.07, 6.45) is 3.45. The molecular weight excluding hydrogens is 316 g/mol. The van der Waals surface area contributed by atoms with Crippen molar-refractivity contribution in [2.75, 3.05) is 19.3 Å². The Balaban J connectivity index is 1.62. The van der Waals surface area contributed by atoms with Gasteiger partial charge in [-0.2, -0.15) is 0 Å². The van der Waals surface area contributed by atoms with Crippen LogP contribution in [-0.4, -0.2) is 41.2 Å². The zero-order valence-corrected chi connectivity index (χ0v) is 13.6. The smallest absolute Gasteiger partial charge is 0.339 e. The number of aromatic nitrogens is 1. The summed E-state index contributed by atoms with van der Waals surface area (Å²) < 4.78 is 10.6. The molecule has 0 radical (unpaired) electrons. The summed E-state index contributed by atoms with van der Waals surface area (Å²) in [6, 6.07) is 6.51. The first-order valence-corrected chi connectivity index (χ1v) is 8.36. The van der Waals surface area contributed by atoms with E-state index in [0.29, 0.717) is 30.2 Å². The largest absolute Gasteiger partial charge is 0.486 e. The fourth-order valence-electron chi connectivity index (χ4n) is 2.40. The van der Waals surface area contributed by atoms with E-state index in [2.05, 4.69) is 4.98 Å². The second-order valence-electron chi connectivity index (χ2n) is 5.23. The van der Waals surface area contributed by atoms with Crippen molar-refractivity contribution < 1.29 is 13.9 Å². The fourth-order valence-corrected chi connectivity index (χ4v) is 2.94. The van der Waals surface area contributed by atoms with Gasteiger partial charge in [0, 0.05) is 12.3 Å². The lowest BCUT2D eigenvalue weighted by molar-refractivity contribution is 0.0171. The average molecular weight is 332 g/mol. The standard InChI is InChI=1S/C16H16N2O4S/c1-10-6-11(7-14(19)21-10)22-12-8-18(9-12)16(20)13-4-3-5-17-15(13)23-2/h3-7,12H,8-9H2,1-2H3. The van der Waals surface area contributed by atoms with Gasteiger partial charge >= 0.3 is 5.63 Å². The van der Waals surface area contributed by atoms with E-state index in [-0.39, 0.29) is 12.0 Å². The van der Waals surface area contributed by atoms with Crippen molar-refractivity contribution >= 4 is 17.7 Å². The zero-order chi connectivity index (χ0) is 16.4. The monoisotopic (exact) mass is 332 g/mol. The van der Waals surface area contributed by atoms with Gasteiger partial charge in [-0.15, -0.1) is 11.8 Å². The van der Waals surface area contributed by atoms with Crippen molar-refractivity contribution in [1.29, 1.82) is 0 Å². The molecule has 6 nitrogen and oxygen atoms in total. The molecule has 0 unspecified atom stereocenters. The van der Waals surface area contributed by atoms with Crippen molar-refractivity contribution in [3.8, 4) is 5.75 Å². The first kappa shape index (κ1) is 15.6. The molecule has 3 heterocycles. The predicted octanol–water partition coefficient (Wildman–Crippen LogP) is 1.97. The molecule has 23 heavy (non-hydrogen) atoms. The van der Waals surface area contributed by atoms with Crippen molar-refractivity contribution in [3.63, 3.8) is 0 Å². The number of ether oxygens (including phenoxy) is 1.